The van der Waals surface area contributed by atoms with Crippen LogP contribution in [0.2, 0.25) is 0 Å². The zero-order chi connectivity index (χ0) is 20.3. The zero-order valence-electron chi connectivity index (χ0n) is 16.7. The Bertz CT molecular complexity index is 848. The van der Waals surface area contributed by atoms with Gasteiger partial charge in [-0.2, -0.15) is 5.10 Å². The van der Waals surface area contributed by atoms with Crippen LogP contribution in [0.3, 0.4) is 0 Å². The third-order valence-corrected chi connectivity index (χ3v) is 4.39. The molecule has 0 aliphatic carbocycles. The highest BCUT2D eigenvalue weighted by molar-refractivity contribution is 5.93. The average molecular weight is 386 g/mol. The molecule has 8 nitrogen and oxygen atoms in total. The number of ether oxygens (including phenoxy) is 2. The second-order valence-corrected chi connectivity index (χ2v) is 7.66. The highest BCUT2D eigenvalue weighted by atomic mass is 16.6. The van der Waals surface area contributed by atoms with E-state index in [1.54, 1.807) is 23.0 Å². The summed E-state index contributed by atoms with van der Waals surface area (Å²) < 4.78 is 10.6. The van der Waals surface area contributed by atoms with Crippen molar-refractivity contribution >= 4 is 12.0 Å². The maximum atomic E-state index is 12.8. The Balaban J connectivity index is 1.61. The van der Waals surface area contributed by atoms with Gasteiger partial charge in [-0.15, -0.1) is 0 Å². The van der Waals surface area contributed by atoms with Crippen molar-refractivity contribution in [2.45, 2.75) is 26.4 Å². The molecule has 0 bridgehead atoms. The average Bonchev–Trinajstić information content (AvgIpc) is 3.16. The van der Waals surface area contributed by atoms with Crippen LogP contribution in [0.5, 0.6) is 5.75 Å². The lowest BCUT2D eigenvalue weighted by Crippen LogP contribution is -2.51. The van der Waals surface area contributed by atoms with Gasteiger partial charge in [0.25, 0.3) is 5.91 Å². The molecule has 28 heavy (non-hydrogen) atoms. The monoisotopic (exact) mass is 386 g/mol. The molecular weight excluding hydrogens is 360 g/mol. The topological polar surface area (TPSA) is 87.8 Å². The molecule has 3 rings (SSSR count). The van der Waals surface area contributed by atoms with Crippen LogP contribution >= 0.6 is 0 Å². The quantitative estimate of drug-likeness (QED) is 0.876. The Morgan fingerprint density at radius 2 is 1.75 bits per heavy atom. The van der Waals surface area contributed by atoms with Gasteiger partial charge in [-0.3, -0.25) is 9.89 Å². The Kier molecular flexibility index (Phi) is 5.58. The van der Waals surface area contributed by atoms with Gasteiger partial charge in [0.05, 0.1) is 12.8 Å². The Labute approximate surface area is 164 Å². The number of amides is 2. The smallest absolute Gasteiger partial charge is 0.410 e. The molecule has 0 atom stereocenters. The van der Waals surface area contributed by atoms with E-state index < -0.39 is 5.60 Å². The second-order valence-electron chi connectivity index (χ2n) is 7.66. The van der Waals surface area contributed by atoms with E-state index in [2.05, 4.69) is 10.2 Å². The number of carbonyl (C=O) groups is 2. The van der Waals surface area contributed by atoms with Crippen molar-refractivity contribution in [2.24, 2.45) is 0 Å². The minimum absolute atomic E-state index is 0.134. The molecule has 1 aliphatic heterocycles. The van der Waals surface area contributed by atoms with Crippen molar-refractivity contribution in [3.8, 4) is 17.0 Å². The van der Waals surface area contributed by atoms with Gasteiger partial charge in [0.1, 0.15) is 17.0 Å². The molecule has 0 spiro atoms. The lowest BCUT2D eigenvalue weighted by atomic mass is 10.1. The molecule has 0 saturated carbocycles. The zero-order valence-corrected chi connectivity index (χ0v) is 16.7. The van der Waals surface area contributed by atoms with Gasteiger partial charge in [-0.05, 0) is 39.0 Å². The van der Waals surface area contributed by atoms with Crippen LogP contribution in [-0.4, -0.2) is 70.9 Å². The minimum Gasteiger partial charge on any atom is -0.497 e. The van der Waals surface area contributed by atoms with E-state index in [0.29, 0.717) is 37.6 Å². The molecular formula is C20H26N4O4. The molecule has 1 aromatic carbocycles. The third kappa shape index (κ3) is 4.62. The van der Waals surface area contributed by atoms with E-state index in [1.165, 1.54) is 0 Å². The first kappa shape index (κ1) is 19.7. The number of nitrogens with one attached hydrogen (secondary N) is 1. The van der Waals surface area contributed by atoms with Gasteiger partial charge in [-0.1, -0.05) is 12.1 Å². The van der Waals surface area contributed by atoms with Crippen molar-refractivity contribution in [3.63, 3.8) is 0 Å². The van der Waals surface area contributed by atoms with Crippen molar-refractivity contribution < 1.29 is 19.1 Å². The van der Waals surface area contributed by atoms with E-state index in [4.69, 9.17) is 9.47 Å². The summed E-state index contributed by atoms with van der Waals surface area (Å²) in [6, 6.07) is 9.24. The number of hydrogen-bond donors (Lipinski definition) is 1. The van der Waals surface area contributed by atoms with Crippen LogP contribution < -0.4 is 4.74 Å². The van der Waals surface area contributed by atoms with Crippen molar-refractivity contribution in [1.82, 2.24) is 20.0 Å². The molecule has 2 amide bonds. The number of aromatic amines is 1. The van der Waals surface area contributed by atoms with Gasteiger partial charge in [0, 0.05) is 31.7 Å². The number of rotatable bonds is 3. The summed E-state index contributed by atoms with van der Waals surface area (Å²) in [6.07, 6.45) is -0.346. The Morgan fingerprint density at radius 1 is 1.07 bits per heavy atom. The minimum atomic E-state index is -0.531. The number of benzene rings is 1. The van der Waals surface area contributed by atoms with Crippen molar-refractivity contribution in [1.29, 1.82) is 0 Å². The van der Waals surface area contributed by atoms with Gasteiger partial charge in [0.15, 0.2) is 0 Å². The van der Waals surface area contributed by atoms with Crippen molar-refractivity contribution in [2.75, 3.05) is 33.3 Å². The van der Waals surface area contributed by atoms with E-state index in [-0.39, 0.29) is 12.0 Å². The van der Waals surface area contributed by atoms with Gasteiger partial charge < -0.3 is 19.3 Å². The SMILES string of the molecule is COc1cccc(-c2cc(C(=O)N3CCN(C(=O)OC(C)(C)C)CC3)[nH]n2)c1. The van der Waals surface area contributed by atoms with E-state index in [9.17, 15) is 9.59 Å². The fraction of sp³-hybridized carbons (Fsp3) is 0.450. The third-order valence-electron chi connectivity index (χ3n) is 4.39. The number of hydrogen-bond acceptors (Lipinski definition) is 5. The first-order valence-electron chi connectivity index (χ1n) is 9.24. The number of nitrogens with zero attached hydrogens (tertiary/aromatic N) is 3. The molecule has 150 valence electrons. The molecule has 1 aromatic heterocycles. The highest BCUT2D eigenvalue weighted by Crippen LogP contribution is 2.23. The number of H-pyrrole nitrogens is 1. The summed E-state index contributed by atoms with van der Waals surface area (Å²) in [5.41, 5.74) is 1.43. The predicted octanol–water partition coefficient (Wildman–Crippen LogP) is 2.78. The molecule has 1 aliphatic rings. The summed E-state index contributed by atoms with van der Waals surface area (Å²) >= 11 is 0. The highest BCUT2D eigenvalue weighted by Gasteiger charge is 2.28. The van der Waals surface area contributed by atoms with Gasteiger partial charge in [-0.25, -0.2) is 4.79 Å². The van der Waals surface area contributed by atoms with E-state index in [1.807, 2.05) is 45.0 Å². The molecule has 2 aromatic rings. The van der Waals surface area contributed by atoms with Crippen LogP contribution in [0.25, 0.3) is 11.3 Å². The first-order valence-corrected chi connectivity index (χ1v) is 9.24. The van der Waals surface area contributed by atoms with E-state index >= 15 is 0 Å². The fourth-order valence-corrected chi connectivity index (χ4v) is 2.95. The lowest BCUT2D eigenvalue weighted by Gasteiger charge is -2.35. The largest absolute Gasteiger partial charge is 0.497 e. The predicted molar refractivity (Wildman–Crippen MR) is 104 cm³/mol. The molecule has 0 unspecified atom stereocenters. The maximum absolute atomic E-state index is 12.8. The second kappa shape index (κ2) is 7.92. The molecule has 1 N–H and O–H groups in total. The normalized spacial score (nSPS) is 14.7. The van der Waals surface area contributed by atoms with Crippen LogP contribution in [-0.2, 0) is 4.74 Å². The standard InChI is InChI=1S/C20H26N4O4/c1-20(2,3)28-19(26)24-10-8-23(9-11-24)18(25)17-13-16(21-22-17)14-6-5-7-15(12-14)27-4/h5-7,12-13H,8-11H2,1-4H3,(H,21,22). The van der Waals surface area contributed by atoms with Crippen LogP contribution in [0.1, 0.15) is 31.3 Å². The Morgan fingerprint density at radius 3 is 2.39 bits per heavy atom. The number of methoxy groups -OCH3 is 1. The van der Waals surface area contributed by atoms with Crippen molar-refractivity contribution in [3.05, 3.63) is 36.0 Å². The Hall–Kier alpha value is -3.03. The maximum Gasteiger partial charge on any atom is 0.410 e. The van der Waals surface area contributed by atoms with Gasteiger partial charge in [0.2, 0.25) is 0 Å². The number of carbonyl (C=O) groups excluding carboxylic acids is 2. The van der Waals surface area contributed by atoms with Gasteiger partial charge >= 0.3 is 6.09 Å². The van der Waals surface area contributed by atoms with Crippen LogP contribution in [0, 0.1) is 0 Å². The molecule has 1 saturated heterocycles. The molecule has 8 heteroatoms. The summed E-state index contributed by atoms with van der Waals surface area (Å²) in [5, 5.41) is 7.07. The fourth-order valence-electron chi connectivity index (χ4n) is 2.95. The van der Waals surface area contributed by atoms with Crippen LogP contribution in [0.15, 0.2) is 30.3 Å². The lowest BCUT2D eigenvalue weighted by molar-refractivity contribution is 0.0140. The summed E-state index contributed by atoms with van der Waals surface area (Å²) in [6.45, 7) is 7.29. The molecule has 1 fully saturated rings. The number of piperazine rings is 1. The van der Waals surface area contributed by atoms with E-state index in [0.717, 1.165) is 11.3 Å². The molecule has 2 heterocycles. The number of aromatic nitrogens is 2. The molecule has 0 radical (unpaired) electrons. The summed E-state index contributed by atoms with van der Waals surface area (Å²) in [7, 11) is 1.61. The van der Waals surface area contributed by atoms with Crippen LogP contribution in [0.4, 0.5) is 4.79 Å². The summed E-state index contributed by atoms with van der Waals surface area (Å²) in [5.74, 6) is 0.595. The first-order chi connectivity index (χ1) is 13.3. The summed E-state index contributed by atoms with van der Waals surface area (Å²) in [4.78, 5) is 28.3.